The van der Waals surface area contributed by atoms with Crippen molar-refractivity contribution >= 4 is 23.8 Å². The number of esters is 1. The average molecular weight is 653 g/mol. The molecule has 9 nitrogen and oxygen atoms in total. The maximum Gasteiger partial charge on any atom is 0.328 e. The highest BCUT2D eigenvalue weighted by atomic mass is 16.5. The van der Waals surface area contributed by atoms with E-state index in [9.17, 15) is 19.2 Å². The molecule has 2 atom stereocenters. The van der Waals surface area contributed by atoms with Gasteiger partial charge in [0.25, 0.3) is 0 Å². The first-order valence-corrected chi connectivity index (χ1v) is 18.6. The first kappa shape index (κ1) is 43.6. The van der Waals surface area contributed by atoms with Gasteiger partial charge in [0.05, 0.1) is 13.2 Å². The number of carbonyl (C=O) groups is 4. The maximum atomic E-state index is 12.6. The van der Waals surface area contributed by atoms with Gasteiger partial charge < -0.3 is 25.6 Å². The van der Waals surface area contributed by atoms with Gasteiger partial charge in [-0.05, 0) is 64.2 Å². The normalized spacial score (nSPS) is 12.6. The molecule has 0 fully saturated rings. The maximum absolute atomic E-state index is 12.6. The lowest BCUT2D eigenvalue weighted by Gasteiger charge is -2.18. The number of carbonyl (C=O) groups excluding carboxylic acids is 3. The van der Waals surface area contributed by atoms with E-state index >= 15 is 0 Å². The monoisotopic (exact) mass is 653 g/mol. The second-order valence-electron chi connectivity index (χ2n) is 12.7. The second kappa shape index (κ2) is 32.5. The predicted octanol–water partition coefficient (Wildman–Crippen LogP) is 7.92. The van der Waals surface area contributed by atoms with Crippen LogP contribution in [0.25, 0.3) is 0 Å². The van der Waals surface area contributed by atoms with Crippen LogP contribution in [0.2, 0.25) is 0 Å². The molecule has 0 saturated carbocycles. The number of aliphatic carboxylic acids is 1. The van der Waals surface area contributed by atoms with Crippen LogP contribution < -0.4 is 10.6 Å². The van der Waals surface area contributed by atoms with Crippen LogP contribution in [-0.2, 0) is 23.9 Å². The molecule has 0 bridgehead atoms. The lowest BCUT2D eigenvalue weighted by Crippen LogP contribution is -2.47. The number of carboxylic acids is 1. The third-order valence-electron chi connectivity index (χ3n) is 8.26. The summed E-state index contributed by atoms with van der Waals surface area (Å²) in [6.45, 7) is 3.41. The quantitative estimate of drug-likeness (QED) is 0.0320. The Balaban J connectivity index is 4.12. The molecule has 268 valence electrons. The zero-order valence-corrected chi connectivity index (χ0v) is 29.3. The van der Waals surface area contributed by atoms with Crippen LogP contribution in [0.15, 0.2) is 12.2 Å². The van der Waals surface area contributed by atoms with Crippen LogP contribution in [0.1, 0.15) is 174 Å². The topological polar surface area (TPSA) is 142 Å². The van der Waals surface area contributed by atoms with Crippen molar-refractivity contribution in [3.63, 3.8) is 0 Å². The molecule has 0 aliphatic carbocycles. The summed E-state index contributed by atoms with van der Waals surface area (Å²) in [5.74, 6) is -2.34. The first-order valence-electron chi connectivity index (χ1n) is 18.6. The highest BCUT2D eigenvalue weighted by Crippen LogP contribution is 2.18. The van der Waals surface area contributed by atoms with E-state index in [0.29, 0.717) is 12.8 Å². The summed E-state index contributed by atoms with van der Waals surface area (Å²) in [6, 6.07) is -1.38. The van der Waals surface area contributed by atoms with E-state index in [1.54, 1.807) is 0 Å². The molecule has 0 aliphatic rings. The Morgan fingerprint density at radius 1 is 0.630 bits per heavy atom. The van der Waals surface area contributed by atoms with Gasteiger partial charge in [0.15, 0.2) is 0 Å². The minimum atomic E-state index is -1.38. The number of nitrogens with one attached hydrogen (secondary N) is 2. The molecule has 2 unspecified atom stereocenters. The van der Waals surface area contributed by atoms with Gasteiger partial charge in [-0.3, -0.25) is 14.4 Å². The van der Waals surface area contributed by atoms with E-state index in [2.05, 4.69) is 36.6 Å². The fourth-order valence-electron chi connectivity index (χ4n) is 5.36. The summed E-state index contributed by atoms with van der Waals surface area (Å²) in [6.07, 6.45) is 31.1. The van der Waals surface area contributed by atoms with Crippen molar-refractivity contribution < 1.29 is 34.1 Å². The molecule has 9 heteroatoms. The molecule has 2 amide bonds. The van der Waals surface area contributed by atoms with Crippen molar-refractivity contribution in [2.24, 2.45) is 0 Å². The van der Waals surface area contributed by atoms with Crippen LogP contribution in [0.3, 0.4) is 0 Å². The molecule has 0 saturated heterocycles. The van der Waals surface area contributed by atoms with Crippen molar-refractivity contribution in [3.05, 3.63) is 12.2 Å². The number of carboxylic acid groups (broad SMARTS) is 1. The highest BCUT2D eigenvalue weighted by molar-refractivity contribution is 5.87. The second-order valence-corrected chi connectivity index (χ2v) is 12.7. The molecular formula is C37H68N2O7. The fourth-order valence-corrected chi connectivity index (χ4v) is 5.36. The Labute approximate surface area is 280 Å². The molecule has 0 aliphatic heterocycles. The minimum absolute atomic E-state index is 0.0390. The zero-order valence-electron chi connectivity index (χ0n) is 29.3. The number of ether oxygens (including phenoxy) is 1. The molecule has 46 heavy (non-hydrogen) atoms. The summed E-state index contributed by atoms with van der Waals surface area (Å²) in [7, 11) is 0. The van der Waals surface area contributed by atoms with Crippen molar-refractivity contribution in [2.45, 2.75) is 187 Å². The van der Waals surface area contributed by atoms with Crippen LogP contribution in [0, 0.1) is 0 Å². The lowest BCUT2D eigenvalue weighted by molar-refractivity contribution is -0.150. The van der Waals surface area contributed by atoms with Gasteiger partial charge in [-0.1, -0.05) is 109 Å². The summed E-state index contributed by atoms with van der Waals surface area (Å²) in [5, 5.41) is 22.4. The van der Waals surface area contributed by atoms with E-state index in [0.717, 1.165) is 57.8 Å². The highest BCUT2D eigenvalue weighted by Gasteiger charge is 2.19. The van der Waals surface area contributed by atoms with Crippen LogP contribution in [-0.4, -0.2) is 59.3 Å². The number of rotatable bonds is 33. The summed E-state index contributed by atoms with van der Waals surface area (Å²) in [5.41, 5.74) is 0. The molecule has 0 aromatic rings. The Morgan fingerprint density at radius 2 is 1.11 bits per heavy atom. The smallest absolute Gasteiger partial charge is 0.328 e. The molecule has 0 radical (unpaired) electrons. The standard InChI is InChI=1S/C37H68N2O7/c1-3-5-7-9-10-11-12-13-14-15-16-17-19-25-29-36(43)46-32(26-22-18-8-6-4-2)27-23-20-21-24-28-34(41)38-30-35(42)39-33(31-40)37(44)45/h12-13,32-33,40H,3-11,14-31H2,1-2H3,(H,38,41)(H,39,42)(H,44,45)/b13-12-. The van der Waals surface area contributed by atoms with E-state index in [-0.39, 0.29) is 30.9 Å². The number of aliphatic hydroxyl groups is 1. The van der Waals surface area contributed by atoms with Crippen LogP contribution in [0.5, 0.6) is 0 Å². The number of allylic oxidation sites excluding steroid dienone is 2. The Morgan fingerprint density at radius 3 is 1.63 bits per heavy atom. The van der Waals surface area contributed by atoms with Crippen molar-refractivity contribution in [1.29, 1.82) is 0 Å². The molecule has 0 aromatic heterocycles. The van der Waals surface area contributed by atoms with Crippen molar-refractivity contribution in [2.75, 3.05) is 13.2 Å². The van der Waals surface area contributed by atoms with Crippen LogP contribution >= 0.6 is 0 Å². The molecule has 0 heterocycles. The van der Waals surface area contributed by atoms with Gasteiger partial charge in [-0.25, -0.2) is 4.79 Å². The Kier molecular flexibility index (Phi) is 30.8. The predicted molar refractivity (Wildman–Crippen MR) is 185 cm³/mol. The summed E-state index contributed by atoms with van der Waals surface area (Å²) in [4.78, 5) is 47.2. The molecular weight excluding hydrogens is 584 g/mol. The Hall–Kier alpha value is -2.42. The number of hydrogen-bond donors (Lipinski definition) is 4. The summed E-state index contributed by atoms with van der Waals surface area (Å²) >= 11 is 0. The summed E-state index contributed by atoms with van der Waals surface area (Å²) < 4.78 is 5.92. The number of hydrogen-bond acceptors (Lipinski definition) is 6. The molecule has 0 spiro atoms. The first-order chi connectivity index (χ1) is 22.3. The van der Waals surface area contributed by atoms with Gasteiger partial charge in [-0.15, -0.1) is 0 Å². The van der Waals surface area contributed by atoms with Crippen molar-refractivity contribution in [3.8, 4) is 0 Å². The number of amides is 2. The van der Waals surface area contributed by atoms with Gasteiger partial charge in [0, 0.05) is 12.8 Å². The SMILES string of the molecule is CCCCCCC/C=C\CCCCCCCC(=O)OC(CCCCCCC)CCCCCCC(=O)NCC(=O)NC(CO)C(=O)O. The lowest BCUT2D eigenvalue weighted by atomic mass is 10.0. The van der Waals surface area contributed by atoms with Gasteiger partial charge in [0.2, 0.25) is 11.8 Å². The fraction of sp³-hybridized carbons (Fsp3) is 0.838. The third-order valence-corrected chi connectivity index (χ3v) is 8.26. The molecule has 0 aromatic carbocycles. The number of aliphatic hydroxyl groups excluding tert-OH is 1. The van der Waals surface area contributed by atoms with E-state index < -0.39 is 24.5 Å². The molecule has 4 N–H and O–H groups in total. The van der Waals surface area contributed by atoms with E-state index in [1.165, 1.54) is 83.5 Å². The minimum Gasteiger partial charge on any atom is -0.480 e. The third kappa shape index (κ3) is 29.0. The van der Waals surface area contributed by atoms with Gasteiger partial charge in [-0.2, -0.15) is 0 Å². The van der Waals surface area contributed by atoms with Gasteiger partial charge in [0.1, 0.15) is 12.1 Å². The van der Waals surface area contributed by atoms with Gasteiger partial charge >= 0.3 is 11.9 Å². The number of unbranched alkanes of at least 4 members (excludes halogenated alkanes) is 17. The van der Waals surface area contributed by atoms with E-state index in [1.807, 2.05) is 0 Å². The zero-order chi connectivity index (χ0) is 34.1. The largest absolute Gasteiger partial charge is 0.480 e. The van der Waals surface area contributed by atoms with E-state index in [4.69, 9.17) is 14.9 Å². The van der Waals surface area contributed by atoms with Crippen molar-refractivity contribution in [1.82, 2.24) is 10.6 Å². The Bertz CT molecular complexity index is 803. The molecule has 0 rings (SSSR count). The van der Waals surface area contributed by atoms with Crippen LogP contribution in [0.4, 0.5) is 0 Å². The average Bonchev–Trinajstić information content (AvgIpc) is 3.03.